The Balaban J connectivity index is 1.81. The molecule has 0 saturated carbocycles. The average molecular weight is 273 g/mol. The van der Waals surface area contributed by atoms with Gasteiger partial charge < -0.3 is 10.1 Å². The summed E-state index contributed by atoms with van der Waals surface area (Å²) in [5.41, 5.74) is 3.34. The van der Waals surface area contributed by atoms with E-state index in [1.54, 1.807) is 12.1 Å². The Morgan fingerprint density at radius 3 is 2.55 bits per heavy atom. The molecule has 20 heavy (non-hydrogen) atoms. The van der Waals surface area contributed by atoms with Crippen LogP contribution < -0.4 is 10.1 Å². The van der Waals surface area contributed by atoms with E-state index in [2.05, 4.69) is 10.4 Å². The molecule has 0 unspecified atom stereocenters. The number of ether oxygens (including phenoxy) is 1. The molecule has 0 saturated heterocycles. The van der Waals surface area contributed by atoms with Crippen LogP contribution in [0.4, 0.5) is 4.79 Å². The van der Waals surface area contributed by atoms with Crippen LogP contribution in [0.3, 0.4) is 0 Å². The number of hydrogen-bond donors (Lipinski definition) is 1. The van der Waals surface area contributed by atoms with Crippen molar-refractivity contribution in [3.63, 3.8) is 0 Å². The van der Waals surface area contributed by atoms with Crippen molar-refractivity contribution in [1.82, 2.24) is 15.1 Å². The SMILES string of the molecule is Cc1nn(CCNC(=O)Oc2ccccc2)c(C)c1C. The van der Waals surface area contributed by atoms with E-state index in [1.807, 2.05) is 43.7 Å². The topological polar surface area (TPSA) is 56.2 Å². The van der Waals surface area contributed by atoms with Gasteiger partial charge in [-0.3, -0.25) is 4.68 Å². The van der Waals surface area contributed by atoms with Gasteiger partial charge in [-0.1, -0.05) is 18.2 Å². The molecule has 1 amide bonds. The van der Waals surface area contributed by atoms with E-state index in [4.69, 9.17) is 4.74 Å². The van der Waals surface area contributed by atoms with Crippen LogP contribution in [0.25, 0.3) is 0 Å². The van der Waals surface area contributed by atoms with Crippen LogP contribution in [0.15, 0.2) is 30.3 Å². The third-order valence-electron chi connectivity index (χ3n) is 3.29. The Bertz CT molecular complexity index is 591. The maximum Gasteiger partial charge on any atom is 0.412 e. The third-order valence-corrected chi connectivity index (χ3v) is 3.29. The maximum atomic E-state index is 11.6. The van der Waals surface area contributed by atoms with Crippen LogP contribution in [0, 0.1) is 20.8 Å². The molecule has 0 bridgehead atoms. The van der Waals surface area contributed by atoms with Gasteiger partial charge in [0.2, 0.25) is 0 Å². The first-order valence-corrected chi connectivity index (χ1v) is 6.59. The van der Waals surface area contributed by atoms with Gasteiger partial charge in [-0.2, -0.15) is 5.10 Å². The Morgan fingerprint density at radius 1 is 1.25 bits per heavy atom. The number of amides is 1. The number of benzene rings is 1. The minimum absolute atomic E-state index is 0.450. The summed E-state index contributed by atoms with van der Waals surface area (Å²) in [6.07, 6.45) is -0.450. The summed E-state index contributed by atoms with van der Waals surface area (Å²) >= 11 is 0. The zero-order valence-corrected chi connectivity index (χ0v) is 12.0. The van der Waals surface area contributed by atoms with E-state index in [0.29, 0.717) is 18.8 Å². The molecule has 0 aliphatic rings. The third kappa shape index (κ3) is 3.38. The normalized spacial score (nSPS) is 10.3. The van der Waals surface area contributed by atoms with E-state index in [-0.39, 0.29) is 0 Å². The summed E-state index contributed by atoms with van der Waals surface area (Å²) < 4.78 is 7.03. The summed E-state index contributed by atoms with van der Waals surface area (Å²) in [5.74, 6) is 0.534. The highest BCUT2D eigenvalue weighted by molar-refractivity contribution is 5.70. The number of aromatic nitrogens is 2. The molecule has 1 heterocycles. The van der Waals surface area contributed by atoms with Crippen molar-refractivity contribution in [2.75, 3.05) is 6.54 Å². The summed E-state index contributed by atoms with van der Waals surface area (Å²) in [5, 5.41) is 7.13. The quantitative estimate of drug-likeness (QED) is 0.931. The number of nitrogens with zero attached hydrogens (tertiary/aromatic N) is 2. The number of carbonyl (C=O) groups excluding carboxylic acids is 1. The summed E-state index contributed by atoms with van der Waals surface area (Å²) in [4.78, 5) is 11.6. The fourth-order valence-corrected chi connectivity index (χ4v) is 1.90. The second kappa shape index (κ2) is 6.23. The van der Waals surface area contributed by atoms with Gasteiger partial charge in [0.15, 0.2) is 0 Å². The van der Waals surface area contributed by atoms with Crippen molar-refractivity contribution in [2.45, 2.75) is 27.3 Å². The second-order valence-electron chi connectivity index (χ2n) is 4.65. The van der Waals surface area contributed by atoms with Crippen LogP contribution in [0.2, 0.25) is 0 Å². The Morgan fingerprint density at radius 2 is 1.95 bits per heavy atom. The van der Waals surface area contributed by atoms with Crippen LogP contribution in [-0.4, -0.2) is 22.4 Å². The van der Waals surface area contributed by atoms with E-state index in [0.717, 1.165) is 11.4 Å². The molecule has 0 fully saturated rings. The Kier molecular flexibility index (Phi) is 4.40. The predicted octanol–water partition coefficient (Wildman–Crippen LogP) is 2.60. The van der Waals surface area contributed by atoms with E-state index in [9.17, 15) is 4.79 Å². The number of hydrogen-bond acceptors (Lipinski definition) is 3. The minimum atomic E-state index is -0.450. The van der Waals surface area contributed by atoms with Gasteiger partial charge in [0.1, 0.15) is 5.75 Å². The van der Waals surface area contributed by atoms with Gasteiger partial charge in [-0.15, -0.1) is 0 Å². The van der Waals surface area contributed by atoms with Crippen LogP contribution in [-0.2, 0) is 6.54 Å². The molecule has 2 rings (SSSR count). The molecular formula is C15H19N3O2. The molecule has 1 aromatic carbocycles. The summed E-state index contributed by atoms with van der Waals surface area (Å²) in [7, 11) is 0. The molecule has 2 aromatic rings. The second-order valence-corrected chi connectivity index (χ2v) is 4.65. The average Bonchev–Trinajstić information content (AvgIpc) is 2.67. The lowest BCUT2D eigenvalue weighted by atomic mass is 10.2. The van der Waals surface area contributed by atoms with Crippen LogP contribution in [0.5, 0.6) is 5.75 Å². The van der Waals surface area contributed by atoms with Crippen LogP contribution in [0.1, 0.15) is 17.0 Å². The van der Waals surface area contributed by atoms with E-state index in [1.165, 1.54) is 5.56 Å². The number of rotatable bonds is 4. The first-order chi connectivity index (χ1) is 9.58. The first-order valence-electron chi connectivity index (χ1n) is 6.59. The van der Waals surface area contributed by atoms with E-state index < -0.39 is 6.09 Å². The number of carbonyl (C=O) groups is 1. The lowest BCUT2D eigenvalue weighted by Crippen LogP contribution is -2.30. The van der Waals surface area contributed by atoms with Crippen molar-refractivity contribution in [2.24, 2.45) is 0 Å². The largest absolute Gasteiger partial charge is 0.412 e. The van der Waals surface area contributed by atoms with E-state index >= 15 is 0 Å². The highest BCUT2D eigenvalue weighted by Crippen LogP contribution is 2.10. The Hall–Kier alpha value is -2.30. The van der Waals surface area contributed by atoms with Gasteiger partial charge in [-0.05, 0) is 38.5 Å². The Labute approximate surface area is 118 Å². The van der Waals surface area contributed by atoms with Crippen molar-refractivity contribution in [3.8, 4) is 5.75 Å². The predicted molar refractivity (Wildman–Crippen MR) is 76.9 cm³/mol. The van der Waals surface area contributed by atoms with Crippen molar-refractivity contribution in [3.05, 3.63) is 47.3 Å². The zero-order chi connectivity index (χ0) is 14.5. The molecule has 0 radical (unpaired) electrons. The molecule has 0 spiro atoms. The molecule has 1 aromatic heterocycles. The monoisotopic (exact) mass is 273 g/mol. The van der Waals surface area contributed by atoms with Gasteiger partial charge in [0.25, 0.3) is 0 Å². The fourth-order valence-electron chi connectivity index (χ4n) is 1.90. The smallest absolute Gasteiger partial charge is 0.410 e. The number of aryl methyl sites for hydroxylation is 1. The van der Waals surface area contributed by atoms with Crippen LogP contribution >= 0.6 is 0 Å². The standard InChI is InChI=1S/C15H19N3O2/c1-11-12(2)17-18(13(11)3)10-9-16-15(19)20-14-7-5-4-6-8-14/h4-8H,9-10H2,1-3H3,(H,16,19). The molecule has 5 nitrogen and oxygen atoms in total. The minimum Gasteiger partial charge on any atom is -0.410 e. The lowest BCUT2D eigenvalue weighted by molar-refractivity contribution is 0.200. The van der Waals surface area contributed by atoms with Gasteiger partial charge in [0, 0.05) is 12.2 Å². The maximum absolute atomic E-state index is 11.6. The zero-order valence-electron chi connectivity index (χ0n) is 12.0. The van der Waals surface area contributed by atoms with Gasteiger partial charge in [-0.25, -0.2) is 4.79 Å². The van der Waals surface area contributed by atoms with Crippen molar-refractivity contribution in [1.29, 1.82) is 0 Å². The van der Waals surface area contributed by atoms with Gasteiger partial charge >= 0.3 is 6.09 Å². The molecule has 0 aliphatic heterocycles. The summed E-state index contributed by atoms with van der Waals surface area (Å²) in [6.45, 7) is 7.16. The highest BCUT2D eigenvalue weighted by Gasteiger charge is 2.08. The number of para-hydroxylation sites is 1. The molecule has 5 heteroatoms. The van der Waals surface area contributed by atoms with Crippen molar-refractivity contribution < 1.29 is 9.53 Å². The molecular weight excluding hydrogens is 254 g/mol. The number of nitrogens with one attached hydrogen (secondary N) is 1. The molecule has 0 aliphatic carbocycles. The lowest BCUT2D eigenvalue weighted by Gasteiger charge is -2.07. The van der Waals surface area contributed by atoms with Gasteiger partial charge in [0.05, 0.1) is 12.2 Å². The summed E-state index contributed by atoms with van der Waals surface area (Å²) in [6, 6.07) is 8.99. The fraction of sp³-hybridized carbons (Fsp3) is 0.333. The molecule has 106 valence electrons. The van der Waals surface area contributed by atoms with Crippen molar-refractivity contribution >= 4 is 6.09 Å². The molecule has 0 atom stereocenters. The first kappa shape index (κ1) is 14.1. The molecule has 1 N–H and O–H groups in total. The highest BCUT2D eigenvalue weighted by atomic mass is 16.6.